The molecule has 1 aromatic carbocycles. The van der Waals surface area contributed by atoms with Crippen molar-refractivity contribution < 1.29 is 14.4 Å². The molecule has 0 saturated heterocycles. The zero-order chi connectivity index (χ0) is 14.6. The number of carbonyl (C=O) groups excluding carboxylic acids is 3. The zero-order valence-electron chi connectivity index (χ0n) is 10.6. The van der Waals surface area contributed by atoms with Gasteiger partial charge in [-0.3, -0.25) is 14.4 Å². The Morgan fingerprint density at radius 2 is 1.74 bits per heavy atom. The van der Waals surface area contributed by atoms with Crippen LogP contribution in [0.2, 0.25) is 0 Å². The van der Waals surface area contributed by atoms with Gasteiger partial charge in [0.2, 0.25) is 11.8 Å². The molecule has 6 nitrogen and oxygen atoms in total. The molecule has 1 atom stereocenters. The van der Waals surface area contributed by atoms with Crippen molar-refractivity contribution in [1.29, 1.82) is 5.26 Å². The second-order valence-electron chi connectivity index (χ2n) is 4.07. The van der Waals surface area contributed by atoms with Crippen LogP contribution in [-0.2, 0) is 4.79 Å². The minimum Gasteiger partial charge on any atom is -0.366 e. The van der Waals surface area contributed by atoms with E-state index in [0.29, 0.717) is 0 Å². The summed E-state index contributed by atoms with van der Waals surface area (Å²) < 4.78 is 0. The number of benzene rings is 1. The van der Waals surface area contributed by atoms with Gasteiger partial charge < -0.3 is 10.6 Å². The van der Waals surface area contributed by atoms with Crippen LogP contribution in [0.3, 0.4) is 0 Å². The van der Waals surface area contributed by atoms with Crippen LogP contribution in [0, 0.1) is 17.2 Å². The van der Waals surface area contributed by atoms with Crippen molar-refractivity contribution in [2.45, 2.75) is 0 Å². The number of nitrogens with two attached hydrogens (primary N) is 1. The topological polar surface area (TPSA) is 104 Å². The lowest BCUT2D eigenvalue weighted by molar-refractivity contribution is -0.129. The van der Waals surface area contributed by atoms with E-state index in [1.807, 2.05) is 0 Å². The van der Waals surface area contributed by atoms with Crippen LogP contribution < -0.4 is 5.73 Å². The summed E-state index contributed by atoms with van der Waals surface area (Å²) >= 11 is 0. The highest BCUT2D eigenvalue weighted by Gasteiger charge is 2.30. The molecule has 2 N–H and O–H groups in total. The standard InChI is InChI=1S/C13H13N3O3/c1-16(2)13(19)10(7-14)11(17)8-5-3-4-6-9(8)12(15)18/h3-6,10H,1-2H3,(H2,15,18). The lowest BCUT2D eigenvalue weighted by atomic mass is 9.94. The average molecular weight is 259 g/mol. The molecule has 0 spiro atoms. The molecule has 19 heavy (non-hydrogen) atoms. The van der Waals surface area contributed by atoms with E-state index in [-0.39, 0.29) is 11.1 Å². The first kappa shape index (κ1) is 14.4. The number of nitrogens with zero attached hydrogens (tertiary/aromatic N) is 2. The van der Waals surface area contributed by atoms with Gasteiger partial charge in [0.15, 0.2) is 11.7 Å². The monoisotopic (exact) mass is 259 g/mol. The zero-order valence-corrected chi connectivity index (χ0v) is 10.6. The Labute approximate surface area is 110 Å². The van der Waals surface area contributed by atoms with Crippen molar-refractivity contribution in [3.63, 3.8) is 0 Å². The van der Waals surface area contributed by atoms with Gasteiger partial charge in [-0.05, 0) is 6.07 Å². The maximum Gasteiger partial charge on any atom is 0.249 e. The van der Waals surface area contributed by atoms with Crippen molar-refractivity contribution in [1.82, 2.24) is 4.90 Å². The normalized spacial score (nSPS) is 11.2. The van der Waals surface area contributed by atoms with E-state index >= 15 is 0 Å². The molecule has 0 heterocycles. The molecule has 0 aromatic heterocycles. The molecule has 2 amide bonds. The largest absolute Gasteiger partial charge is 0.366 e. The summed E-state index contributed by atoms with van der Waals surface area (Å²) in [5, 5.41) is 8.97. The average Bonchev–Trinajstić information content (AvgIpc) is 2.39. The van der Waals surface area contributed by atoms with Gasteiger partial charge in [0.05, 0.1) is 6.07 Å². The SMILES string of the molecule is CN(C)C(=O)C(C#N)C(=O)c1ccccc1C(N)=O. The van der Waals surface area contributed by atoms with Crippen LogP contribution in [-0.4, -0.2) is 36.6 Å². The highest BCUT2D eigenvalue weighted by molar-refractivity contribution is 6.16. The van der Waals surface area contributed by atoms with Gasteiger partial charge in [0, 0.05) is 25.2 Å². The first-order valence-corrected chi connectivity index (χ1v) is 5.44. The number of amides is 2. The highest BCUT2D eigenvalue weighted by Crippen LogP contribution is 2.15. The number of rotatable bonds is 4. The van der Waals surface area contributed by atoms with Crippen LogP contribution in [0.15, 0.2) is 24.3 Å². The number of Topliss-reactive ketones (excluding diaryl/α,β-unsaturated/α-hetero) is 1. The molecule has 0 saturated carbocycles. The van der Waals surface area contributed by atoms with Crippen LogP contribution in [0.25, 0.3) is 0 Å². The number of primary amides is 1. The van der Waals surface area contributed by atoms with Gasteiger partial charge >= 0.3 is 0 Å². The van der Waals surface area contributed by atoms with Crippen LogP contribution in [0.5, 0.6) is 0 Å². The van der Waals surface area contributed by atoms with Gasteiger partial charge in [-0.15, -0.1) is 0 Å². The van der Waals surface area contributed by atoms with Crippen LogP contribution >= 0.6 is 0 Å². The molecule has 0 aliphatic rings. The maximum absolute atomic E-state index is 12.2. The van der Waals surface area contributed by atoms with E-state index < -0.39 is 23.5 Å². The van der Waals surface area contributed by atoms with Gasteiger partial charge in [0.1, 0.15) is 0 Å². The Balaban J connectivity index is 3.23. The number of ketones is 1. The van der Waals surface area contributed by atoms with Crippen LogP contribution in [0.1, 0.15) is 20.7 Å². The van der Waals surface area contributed by atoms with Gasteiger partial charge in [-0.25, -0.2) is 0 Å². The number of nitriles is 1. The summed E-state index contributed by atoms with van der Waals surface area (Å²) in [4.78, 5) is 36.3. The van der Waals surface area contributed by atoms with Crippen molar-refractivity contribution in [2.24, 2.45) is 11.7 Å². The third-order valence-corrected chi connectivity index (χ3v) is 2.54. The Bertz CT molecular complexity index is 573. The molecule has 0 bridgehead atoms. The van der Waals surface area contributed by atoms with Gasteiger partial charge in [-0.2, -0.15) is 5.26 Å². The molecule has 1 aromatic rings. The molecule has 1 unspecified atom stereocenters. The number of hydrogen-bond donors (Lipinski definition) is 1. The van der Waals surface area contributed by atoms with E-state index in [9.17, 15) is 14.4 Å². The van der Waals surface area contributed by atoms with Gasteiger partial charge in [0.25, 0.3) is 0 Å². The summed E-state index contributed by atoms with van der Waals surface area (Å²) in [6.45, 7) is 0. The van der Waals surface area contributed by atoms with Gasteiger partial charge in [-0.1, -0.05) is 18.2 Å². The smallest absolute Gasteiger partial charge is 0.249 e. The minimum atomic E-state index is -1.48. The highest BCUT2D eigenvalue weighted by atomic mass is 16.2. The van der Waals surface area contributed by atoms with Crippen molar-refractivity contribution >= 4 is 17.6 Å². The third kappa shape index (κ3) is 2.96. The molecule has 0 radical (unpaired) electrons. The molecular weight excluding hydrogens is 246 g/mol. The predicted molar refractivity (Wildman–Crippen MR) is 67.1 cm³/mol. The maximum atomic E-state index is 12.2. The fraction of sp³-hybridized carbons (Fsp3) is 0.231. The fourth-order valence-corrected chi connectivity index (χ4v) is 1.55. The predicted octanol–water partition coefficient (Wildman–Crippen LogP) is 0.196. The van der Waals surface area contributed by atoms with E-state index in [1.54, 1.807) is 12.1 Å². The summed E-state index contributed by atoms with van der Waals surface area (Å²) in [7, 11) is 2.89. The second kappa shape index (κ2) is 5.78. The Hall–Kier alpha value is -2.68. The van der Waals surface area contributed by atoms with E-state index in [1.165, 1.54) is 32.3 Å². The number of hydrogen-bond acceptors (Lipinski definition) is 4. The summed E-state index contributed by atoms with van der Waals surface area (Å²) in [6.07, 6.45) is 0. The molecule has 98 valence electrons. The molecule has 6 heteroatoms. The lowest BCUT2D eigenvalue weighted by Gasteiger charge is -2.14. The second-order valence-corrected chi connectivity index (χ2v) is 4.07. The molecular formula is C13H13N3O3. The molecule has 0 fully saturated rings. The number of carbonyl (C=O) groups is 3. The van der Waals surface area contributed by atoms with Crippen molar-refractivity contribution in [3.8, 4) is 6.07 Å². The minimum absolute atomic E-state index is 0.000642. The lowest BCUT2D eigenvalue weighted by Crippen LogP contribution is -2.34. The van der Waals surface area contributed by atoms with E-state index in [2.05, 4.69) is 0 Å². The molecule has 0 aliphatic heterocycles. The van der Waals surface area contributed by atoms with Crippen molar-refractivity contribution in [2.75, 3.05) is 14.1 Å². The first-order chi connectivity index (χ1) is 8.90. The van der Waals surface area contributed by atoms with E-state index in [0.717, 1.165) is 4.90 Å². The van der Waals surface area contributed by atoms with Crippen LogP contribution in [0.4, 0.5) is 0 Å². The summed E-state index contributed by atoms with van der Waals surface area (Å²) in [5.41, 5.74) is 5.14. The third-order valence-electron chi connectivity index (χ3n) is 2.54. The quantitative estimate of drug-likeness (QED) is 0.615. The first-order valence-electron chi connectivity index (χ1n) is 5.44. The fourth-order valence-electron chi connectivity index (χ4n) is 1.55. The summed E-state index contributed by atoms with van der Waals surface area (Å²) in [6, 6.07) is 7.49. The molecule has 1 rings (SSSR count). The van der Waals surface area contributed by atoms with E-state index in [4.69, 9.17) is 11.0 Å². The Morgan fingerprint density at radius 1 is 1.21 bits per heavy atom. The van der Waals surface area contributed by atoms with Crippen molar-refractivity contribution in [3.05, 3.63) is 35.4 Å². The summed E-state index contributed by atoms with van der Waals surface area (Å²) in [5.74, 6) is -3.61. The molecule has 0 aliphatic carbocycles. The Kier molecular flexibility index (Phi) is 4.37. The Morgan fingerprint density at radius 3 is 2.16 bits per heavy atom.